The zero-order valence-electron chi connectivity index (χ0n) is 9.05. The van der Waals surface area contributed by atoms with Crippen LogP contribution in [0.2, 0.25) is 0 Å². The van der Waals surface area contributed by atoms with Crippen LogP contribution in [0.1, 0.15) is 20.8 Å². The summed E-state index contributed by atoms with van der Waals surface area (Å²) < 4.78 is 0. The number of hydrogen-bond donors (Lipinski definition) is 3. The molecule has 0 aromatic carbocycles. The average molecular weight is 202 g/mol. The normalized spacial score (nSPS) is 13.4. The van der Waals surface area contributed by atoms with Gasteiger partial charge in [-0.15, -0.1) is 0 Å². The molecule has 3 N–H and O–H groups in total. The van der Waals surface area contributed by atoms with E-state index in [9.17, 15) is 9.59 Å². The Kier molecular flexibility index (Phi) is 4.56. The van der Waals surface area contributed by atoms with Crippen molar-refractivity contribution < 1.29 is 14.7 Å². The third-order valence-corrected chi connectivity index (χ3v) is 1.76. The van der Waals surface area contributed by atoms with Crippen LogP contribution in [0.5, 0.6) is 0 Å². The fourth-order valence-corrected chi connectivity index (χ4v) is 1.02. The molecule has 0 spiro atoms. The quantitative estimate of drug-likeness (QED) is 0.591. The summed E-state index contributed by atoms with van der Waals surface area (Å²) in [5.74, 6) is -1.32. The predicted molar refractivity (Wildman–Crippen MR) is 52.9 cm³/mol. The molecule has 0 aromatic rings. The van der Waals surface area contributed by atoms with E-state index >= 15 is 0 Å². The Morgan fingerprint density at radius 2 is 1.86 bits per heavy atom. The minimum atomic E-state index is -1.01. The molecule has 5 heteroatoms. The predicted octanol–water partition coefficient (Wildman–Crippen LogP) is -0.179. The average Bonchev–Trinajstić information content (AvgIpc) is 1.98. The number of hydrogen-bond acceptors (Lipinski definition) is 3. The molecule has 0 aliphatic rings. The Morgan fingerprint density at radius 3 is 2.14 bits per heavy atom. The van der Waals surface area contributed by atoms with E-state index in [0.717, 1.165) is 0 Å². The smallest absolute Gasteiger partial charge is 0.326 e. The van der Waals surface area contributed by atoms with Crippen molar-refractivity contribution in [3.63, 3.8) is 0 Å². The molecule has 0 aliphatic carbocycles. The Labute approximate surface area is 83.9 Å². The summed E-state index contributed by atoms with van der Waals surface area (Å²) in [6.07, 6.45) is 0. The van der Waals surface area contributed by atoms with Crippen LogP contribution in [-0.4, -0.2) is 36.6 Å². The van der Waals surface area contributed by atoms with Crippen LogP contribution in [0.15, 0.2) is 0 Å². The molecule has 0 aromatic heterocycles. The maximum atomic E-state index is 11.2. The van der Waals surface area contributed by atoms with Crippen molar-refractivity contribution in [1.29, 1.82) is 0 Å². The molecule has 0 unspecified atom stereocenters. The number of rotatable bonds is 4. The van der Waals surface area contributed by atoms with Gasteiger partial charge in [0, 0.05) is 0 Å². The van der Waals surface area contributed by atoms with E-state index in [1.165, 1.54) is 0 Å². The number of carboxylic acid groups (broad SMARTS) is 1. The van der Waals surface area contributed by atoms with E-state index in [-0.39, 0.29) is 12.5 Å². The van der Waals surface area contributed by atoms with E-state index in [0.29, 0.717) is 0 Å². The number of likely N-dealkylation sites (N-methyl/N-ethyl adjacent to an activating group) is 1. The summed E-state index contributed by atoms with van der Waals surface area (Å²) in [5.41, 5.74) is -0.491. The number of carboxylic acids is 1. The highest BCUT2D eigenvalue weighted by atomic mass is 16.4. The van der Waals surface area contributed by atoms with Gasteiger partial charge in [0.15, 0.2) is 0 Å². The lowest BCUT2D eigenvalue weighted by molar-refractivity contribution is -0.144. The van der Waals surface area contributed by atoms with Crippen molar-refractivity contribution >= 4 is 11.9 Å². The maximum absolute atomic E-state index is 11.2. The zero-order valence-corrected chi connectivity index (χ0v) is 9.05. The first-order valence-corrected chi connectivity index (χ1v) is 4.45. The summed E-state index contributed by atoms with van der Waals surface area (Å²) >= 11 is 0. The van der Waals surface area contributed by atoms with Gasteiger partial charge in [0.05, 0.1) is 6.54 Å². The first-order chi connectivity index (χ1) is 6.29. The Balaban J connectivity index is 4.40. The largest absolute Gasteiger partial charge is 0.480 e. The molecule has 1 atom stereocenters. The number of aliphatic carboxylic acids is 1. The van der Waals surface area contributed by atoms with Gasteiger partial charge in [-0.25, -0.2) is 4.79 Å². The van der Waals surface area contributed by atoms with Gasteiger partial charge in [-0.2, -0.15) is 0 Å². The Bertz CT molecular complexity index is 221. The lowest BCUT2D eigenvalue weighted by atomic mass is 9.87. The topological polar surface area (TPSA) is 78.4 Å². The van der Waals surface area contributed by atoms with Gasteiger partial charge in [0.1, 0.15) is 6.04 Å². The fraction of sp³-hybridized carbons (Fsp3) is 0.778. The lowest BCUT2D eigenvalue weighted by Gasteiger charge is -2.27. The number of nitrogens with one attached hydrogen (secondary N) is 2. The van der Waals surface area contributed by atoms with Gasteiger partial charge in [-0.1, -0.05) is 20.8 Å². The molecule has 0 saturated carbocycles. The SMILES string of the molecule is CNCC(=O)N[C@@H](C(=O)O)C(C)(C)C. The zero-order chi connectivity index (χ0) is 11.4. The molecule has 0 rings (SSSR count). The van der Waals surface area contributed by atoms with Crippen LogP contribution in [0.4, 0.5) is 0 Å². The highest BCUT2D eigenvalue weighted by Crippen LogP contribution is 2.19. The van der Waals surface area contributed by atoms with Gasteiger partial charge in [-0.3, -0.25) is 4.79 Å². The highest BCUT2D eigenvalue weighted by molar-refractivity contribution is 5.85. The van der Waals surface area contributed by atoms with Crippen LogP contribution in [0, 0.1) is 5.41 Å². The van der Waals surface area contributed by atoms with Crippen molar-refractivity contribution in [2.24, 2.45) is 5.41 Å². The second-order valence-corrected chi connectivity index (χ2v) is 4.24. The first kappa shape index (κ1) is 12.9. The first-order valence-electron chi connectivity index (χ1n) is 4.45. The molecule has 0 aliphatic heterocycles. The minimum absolute atomic E-state index is 0.125. The molecule has 0 fully saturated rings. The molecular weight excluding hydrogens is 184 g/mol. The van der Waals surface area contributed by atoms with Crippen LogP contribution in [0.25, 0.3) is 0 Å². The minimum Gasteiger partial charge on any atom is -0.480 e. The van der Waals surface area contributed by atoms with Crippen LogP contribution >= 0.6 is 0 Å². The summed E-state index contributed by atoms with van der Waals surface area (Å²) in [6.45, 7) is 5.43. The second-order valence-electron chi connectivity index (χ2n) is 4.24. The maximum Gasteiger partial charge on any atom is 0.326 e. The number of carbonyl (C=O) groups excluding carboxylic acids is 1. The number of carbonyl (C=O) groups is 2. The molecule has 0 heterocycles. The van der Waals surface area contributed by atoms with Gasteiger partial charge in [0.2, 0.25) is 5.91 Å². The molecule has 5 nitrogen and oxygen atoms in total. The third kappa shape index (κ3) is 4.23. The lowest BCUT2D eigenvalue weighted by Crippen LogP contribution is -2.50. The van der Waals surface area contributed by atoms with Crippen molar-refractivity contribution in [2.75, 3.05) is 13.6 Å². The Hall–Kier alpha value is -1.10. The molecule has 0 bridgehead atoms. The molecule has 82 valence electrons. The number of amides is 1. The molecule has 14 heavy (non-hydrogen) atoms. The van der Waals surface area contributed by atoms with Crippen molar-refractivity contribution in [3.8, 4) is 0 Å². The van der Waals surface area contributed by atoms with E-state index in [1.807, 2.05) is 0 Å². The van der Waals surface area contributed by atoms with Gasteiger partial charge in [-0.05, 0) is 12.5 Å². The van der Waals surface area contributed by atoms with E-state index in [4.69, 9.17) is 5.11 Å². The second kappa shape index (κ2) is 4.95. The standard InChI is InChI=1S/C9H18N2O3/c1-9(2,3)7(8(13)14)11-6(12)5-10-4/h7,10H,5H2,1-4H3,(H,11,12)(H,13,14)/t7-/m0/s1. The van der Waals surface area contributed by atoms with Crippen LogP contribution < -0.4 is 10.6 Å². The van der Waals surface area contributed by atoms with Gasteiger partial charge < -0.3 is 15.7 Å². The fourth-order valence-electron chi connectivity index (χ4n) is 1.02. The molecule has 0 radical (unpaired) electrons. The monoisotopic (exact) mass is 202 g/mol. The molecule has 0 saturated heterocycles. The van der Waals surface area contributed by atoms with Crippen molar-refractivity contribution in [2.45, 2.75) is 26.8 Å². The van der Waals surface area contributed by atoms with Gasteiger partial charge in [0.25, 0.3) is 0 Å². The van der Waals surface area contributed by atoms with E-state index in [1.54, 1.807) is 27.8 Å². The van der Waals surface area contributed by atoms with Gasteiger partial charge >= 0.3 is 5.97 Å². The molecule has 1 amide bonds. The summed E-state index contributed by atoms with van der Waals surface area (Å²) in [6, 6.07) is -0.858. The summed E-state index contributed by atoms with van der Waals surface area (Å²) in [7, 11) is 1.63. The van der Waals surface area contributed by atoms with Crippen LogP contribution in [-0.2, 0) is 9.59 Å². The summed E-state index contributed by atoms with van der Waals surface area (Å²) in [4.78, 5) is 22.0. The van der Waals surface area contributed by atoms with Crippen LogP contribution in [0.3, 0.4) is 0 Å². The highest BCUT2D eigenvalue weighted by Gasteiger charge is 2.32. The third-order valence-electron chi connectivity index (χ3n) is 1.76. The van der Waals surface area contributed by atoms with Crippen molar-refractivity contribution in [3.05, 3.63) is 0 Å². The van der Waals surface area contributed by atoms with E-state index in [2.05, 4.69) is 10.6 Å². The van der Waals surface area contributed by atoms with Crippen molar-refractivity contribution in [1.82, 2.24) is 10.6 Å². The molecular formula is C9H18N2O3. The van der Waals surface area contributed by atoms with E-state index < -0.39 is 17.4 Å². The Morgan fingerprint density at radius 1 is 1.36 bits per heavy atom. The summed E-state index contributed by atoms with van der Waals surface area (Å²) in [5, 5.41) is 14.0.